The molecule has 4 aromatic carbocycles. The molecular weight excluding hydrogens is 420 g/mol. The molecule has 4 nitrogen and oxygen atoms in total. The van der Waals surface area contributed by atoms with Crippen LogP contribution < -0.4 is 4.74 Å². The third-order valence-corrected chi connectivity index (χ3v) is 6.08. The van der Waals surface area contributed by atoms with Crippen molar-refractivity contribution in [3.05, 3.63) is 132 Å². The largest absolute Gasteiger partial charge is 0.497 e. The number of carbonyl (C=O) groups excluding carboxylic acids is 1. The highest BCUT2D eigenvalue weighted by atomic mass is 16.5. The van der Waals surface area contributed by atoms with Crippen molar-refractivity contribution in [1.82, 2.24) is 9.47 Å². The van der Waals surface area contributed by atoms with Crippen LogP contribution in [0.2, 0.25) is 0 Å². The maximum absolute atomic E-state index is 13.7. The van der Waals surface area contributed by atoms with Crippen LogP contribution in [0.25, 0.3) is 16.5 Å². The molecule has 4 heteroatoms. The Morgan fingerprint density at radius 2 is 1.47 bits per heavy atom. The number of nitrogens with zero attached hydrogens (tertiary/aromatic N) is 2. The van der Waals surface area contributed by atoms with E-state index in [9.17, 15) is 4.79 Å². The van der Waals surface area contributed by atoms with E-state index in [1.807, 2.05) is 94.7 Å². The molecule has 5 rings (SSSR count). The first-order valence-corrected chi connectivity index (χ1v) is 11.3. The molecule has 0 radical (unpaired) electrons. The van der Waals surface area contributed by atoms with Crippen LogP contribution in [0.1, 0.15) is 21.5 Å². The number of hydrogen-bond donors (Lipinski definition) is 0. The standard InChI is InChI=1S/C30H26N2O2/c1-34-28-17-11-23(12-18-28)21-32(22-26-9-6-8-24-7-2-3-10-29(24)26)30(33)25-13-15-27(16-14-25)31-19-4-5-20-31/h2-20H,21-22H2,1H3. The van der Waals surface area contributed by atoms with Gasteiger partial charge in [0.2, 0.25) is 0 Å². The molecular formula is C30H26N2O2. The van der Waals surface area contributed by atoms with Crippen molar-refractivity contribution in [2.24, 2.45) is 0 Å². The lowest BCUT2D eigenvalue weighted by atomic mass is 10.0. The van der Waals surface area contributed by atoms with Gasteiger partial charge in [-0.3, -0.25) is 4.79 Å². The van der Waals surface area contributed by atoms with E-state index in [1.54, 1.807) is 7.11 Å². The average molecular weight is 447 g/mol. The van der Waals surface area contributed by atoms with Gasteiger partial charge in [-0.25, -0.2) is 0 Å². The summed E-state index contributed by atoms with van der Waals surface area (Å²) in [5.74, 6) is 0.805. The summed E-state index contributed by atoms with van der Waals surface area (Å²) in [6.45, 7) is 1.02. The van der Waals surface area contributed by atoms with E-state index in [-0.39, 0.29) is 5.91 Å². The predicted molar refractivity (Wildman–Crippen MR) is 136 cm³/mol. The van der Waals surface area contributed by atoms with Gasteiger partial charge in [0.05, 0.1) is 7.11 Å². The molecule has 0 aliphatic rings. The Morgan fingerprint density at radius 1 is 0.765 bits per heavy atom. The van der Waals surface area contributed by atoms with E-state index in [4.69, 9.17) is 4.74 Å². The van der Waals surface area contributed by atoms with Crippen molar-refractivity contribution in [3.8, 4) is 11.4 Å². The topological polar surface area (TPSA) is 34.5 Å². The summed E-state index contributed by atoms with van der Waals surface area (Å²) in [7, 11) is 1.66. The van der Waals surface area contributed by atoms with Gasteiger partial charge >= 0.3 is 0 Å². The van der Waals surface area contributed by atoms with Crippen LogP contribution in [0.4, 0.5) is 0 Å². The minimum absolute atomic E-state index is 0.00260. The zero-order chi connectivity index (χ0) is 23.3. The average Bonchev–Trinajstić information content (AvgIpc) is 3.44. The van der Waals surface area contributed by atoms with Crippen molar-refractivity contribution in [1.29, 1.82) is 0 Å². The van der Waals surface area contributed by atoms with E-state index in [0.717, 1.165) is 22.6 Å². The summed E-state index contributed by atoms with van der Waals surface area (Å²) in [4.78, 5) is 15.6. The van der Waals surface area contributed by atoms with E-state index in [1.165, 1.54) is 10.8 Å². The highest BCUT2D eigenvalue weighted by molar-refractivity contribution is 5.95. The fourth-order valence-corrected chi connectivity index (χ4v) is 4.25. The van der Waals surface area contributed by atoms with Crippen molar-refractivity contribution >= 4 is 16.7 Å². The summed E-state index contributed by atoms with van der Waals surface area (Å²) >= 11 is 0. The Balaban J connectivity index is 1.46. The number of benzene rings is 4. The van der Waals surface area contributed by atoms with Crippen molar-refractivity contribution in [3.63, 3.8) is 0 Å². The number of carbonyl (C=O) groups is 1. The molecule has 0 fully saturated rings. The van der Waals surface area contributed by atoms with Crippen LogP contribution in [0, 0.1) is 0 Å². The highest BCUT2D eigenvalue weighted by Crippen LogP contribution is 2.23. The minimum atomic E-state index is 0.00260. The van der Waals surface area contributed by atoms with E-state index in [0.29, 0.717) is 18.7 Å². The molecule has 0 bridgehead atoms. The van der Waals surface area contributed by atoms with E-state index in [2.05, 4.69) is 30.3 Å². The molecule has 0 aliphatic carbocycles. The molecule has 0 unspecified atom stereocenters. The quantitative estimate of drug-likeness (QED) is 0.287. The molecule has 1 amide bonds. The number of ether oxygens (including phenoxy) is 1. The molecule has 1 heterocycles. The molecule has 0 saturated heterocycles. The zero-order valence-corrected chi connectivity index (χ0v) is 19.1. The molecule has 168 valence electrons. The lowest BCUT2D eigenvalue weighted by molar-refractivity contribution is 0.0731. The van der Waals surface area contributed by atoms with Gasteiger partial charge in [0.1, 0.15) is 5.75 Å². The Labute approximate surface area is 199 Å². The van der Waals surface area contributed by atoms with Crippen LogP contribution in [-0.4, -0.2) is 22.5 Å². The zero-order valence-electron chi connectivity index (χ0n) is 19.1. The van der Waals surface area contributed by atoms with Crippen molar-refractivity contribution in [2.45, 2.75) is 13.1 Å². The second-order valence-corrected chi connectivity index (χ2v) is 8.28. The van der Waals surface area contributed by atoms with E-state index >= 15 is 0 Å². The second-order valence-electron chi connectivity index (χ2n) is 8.28. The predicted octanol–water partition coefficient (Wildman–Crippen LogP) is 6.48. The highest BCUT2D eigenvalue weighted by Gasteiger charge is 2.18. The smallest absolute Gasteiger partial charge is 0.254 e. The second kappa shape index (κ2) is 9.67. The normalized spacial score (nSPS) is 10.9. The van der Waals surface area contributed by atoms with Gasteiger partial charge in [-0.15, -0.1) is 0 Å². The van der Waals surface area contributed by atoms with Crippen molar-refractivity contribution < 1.29 is 9.53 Å². The number of methoxy groups -OCH3 is 1. The third-order valence-electron chi connectivity index (χ3n) is 6.08. The van der Waals surface area contributed by atoms with E-state index < -0.39 is 0 Å². The van der Waals surface area contributed by atoms with Gasteiger partial charge in [-0.05, 0) is 70.4 Å². The van der Waals surface area contributed by atoms with Crippen LogP contribution in [0.3, 0.4) is 0 Å². The monoisotopic (exact) mass is 446 g/mol. The molecule has 34 heavy (non-hydrogen) atoms. The number of aromatic nitrogens is 1. The minimum Gasteiger partial charge on any atom is -0.497 e. The maximum atomic E-state index is 13.7. The number of rotatable bonds is 7. The fraction of sp³-hybridized carbons (Fsp3) is 0.100. The SMILES string of the molecule is COc1ccc(CN(Cc2cccc3ccccc23)C(=O)c2ccc(-n3cccc3)cc2)cc1. The first-order valence-electron chi connectivity index (χ1n) is 11.3. The summed E-state index contributed by atoms with van der Waals surface area (Å²) < 4.78 is 7.32. The van der Waals surface area contributed by atoms with Crippen LogP contribution in [0.15, 0.2) is 116 Å². The van der Waals surface area contributed by atoms with Crippen LogP contribution in [0.5, 0.6) is 5.75 Å². The van der Waals surface area contributed by atoms with Crippen molar-refractivity contribution in [2.75, 3.05) is 7.11 Å². The Hall–Kier alpha value is -4.31. The summed E-state index contributed by atoms with van der Waals surface area (Å²) in [6, 6.07) is 34.2. The number of amides is 1. The van der Waals surface area contributed by atoms with Crippen LogP contribution in [-0.2, 0) is 13.1 Å². The molecule has 0 aliphatic heterocycles. The molecule has 0 N–H and O–H groups in total. The molecule has 0 atom stereocenters. The molecule has 0 saturated carbocycles. The number of fused-ring (bicyclic) bond motifs is 1. The molecule has 0 spiro atoms. The van der Waals surface area contributed by atoms with Gasteiger partial charge in [0, 0.05) is 36.7 Å². The van der Waals surface area contributed by atoms with Gasteiger partial charge in [0.15, 0.2) is 0 Å². The Kier molecular flexibility index (Phi) is 6.13. The lowest BCUT2D eigenvalue weighted by Crippen LogP contribution is -2.30. The fourth-order valence-electron chi connectivity index (χ4n) is 4.25. The van der Waals surface area contributed by atoms with Gasteiger partial charge in [-0.1, -0.05) is 54.6 Å². The number of hydrogen-bond acceptors (Lipinski definition) is 2. The van der Waals surface area contributed by atoms with Crippen LogP contribution >= 0.6 is 0 Å². The first kappa shape index (κ1) is 21.5. The van der Waals surface area contributed by atoms with Gasteiger partial charge in [0.25, 0.3) is 5.91 Å². The lowest BCUT2D eigenvalue weighted by Gasteiger charge is -2.24. The summed E-state index contributed by atoms with van der Waals surface area (Å²) in [5.41, 5.74) is 3.88. The van der Waals surface area contributed by atoms with Gasteiger partial charge < -0.3 is 14.2 Å². The third kappa shape index (κ3) is 4.57. The molecule has 1 aromatic heterocycles. The Morgan fingerprint density at radius 3 is 2.21 bits per heavy atom. The Bertz CT molecular complexity index is 1380. The summed E-state index contributed by atoms with van der Waals surface area (Å²) in [5, 5.41) is 2.34. The first-order chi connectivity index (χ1) is 16.7. The van der Waals surface area contributed by atoms with Gasteiger partial charge in [-0.2, -0.15) is 0 Å². The summed E-state index contributed by atoms with van der Waals surface area (Å²) in [6.07, 6.45) is 3.99. The molecule has 5 aromatic rings. The maximum Gasteiger partial charge on any atom is 0.254 e.